The van der Waals surface area contributed by atoms with Gasteiger partial charge in [-0.3, -0.25) is 4.98 Å². The first-order chi connectivity index (χ1) is 7.73. The zero-order valence-electron chi connectivity index (χ0n) is 8.72. The van der Waals surface area contributed by atoms with Gasteiger partial charge in [0.2, 0.25) is 0 Å². The number of hydrogen-bond acceptors (Lipinski definition) is 5. The van der Waals surface area contributed by atoms with Crippen LogP contribution in [0.4, 0.5) is 5.82 Å². The van der Waals surface area contributed by atoms with E-state index in [1.165, 1.54) is 12.4 Å². The fraction of sp³-hybridized carbons (Fsp3) is 0.500. The Kier molecular flexibility index (Phi) is 3.00. The highest BCUT2D eigenvalue weighted by molar-refractivity contribution is 5.82. The van der Waals surface area contributed by atoms with Crippen LogP contribution in [0.15, 0.2) is 18.6 Å². The van der Waals surface area contributed by atoms with Crippen molar-refractivity contribution in [3.63, 3.8) is 0 Å². The van der Waals surface area contributed by atoms with Gasteiger partial charge >= 0.3 is 5.97 Å². The number of carboxylic acid groups (broad SMARTS) is 1. The summed E-state index contributed by atoms with van der Waals surface area (Å²) in [5.41, 5.74) is -0.978. The third-order valence-corrected chi connectivity index (χ3v) is 2.69. The molecule has 0 aromatic carbocycles. The predicted octanol–water partition coefficient (Wildman–Crippen LogP) is 0.522. The molecule has 0 unspecified atom stereocenters. The number of nitrogens with one attached hydrogen (secondary N) is 1. The van der Waals surface area contributed by atoms with E-state index in [4.69, 9.17) is 4.74 Å². The molecule has 0 saturated carbocycles. The molecule has 0 aliphatic carbocycles. The summed E-state index contributed by atoms with van der Waals surface area (Å²) in [4.78, 5) is 19.2. The first kappa shape index (κ1) is 10.8. The average Bonchev–Trinajstić information content (AvgIpc) is 2.31. The second kappa shape index (κ2) is 4.44. The van der Waals surface area contributed by atoms with Gasteiger partial charge in [-0.05, 0) is 0 Å². The van der Waals surface area contributed by atoms with Gasteiger partial charge in [-0.2, -0.15) is 0 Å². The second-order valence-corrected chi connectivity index (χ2v) is 3.72. The maximum atomic E-state index is 11.3. The molecule has 2 heterocycles. The summed E-state index contributed by atoms with van der Waals surface area (Å²) in [7, 11) is 0. The number of aliphatic carboxylic acids is 1. The van der Waals surface area contributed by atoms with Crippen LogP contribution >= 0.6 is 0 Å². The van der Waals surface area contributed by atoms with Crippen LogP contribution in [0.1, 0.15) is 12.8 Å². The zero-order chi connectivity index (χ0) is 11.4. The fourth-order valence-electron chi connectivity index (χ4n) is 1.72. The molecule has 0 radical (unpaired) electrons. The summed E-state index contributed by atoms with van der Waals surface area (Å²) < 4.78 is 5.17. The molecular weight excluding hydrogens is 210 g/mol. The van der Waals surface area contributed by atoms with Crippen molar-refractivity contribution in [1.29, 1.82) is 0 Å². The van der Waals surface area contributed by atoms with Gasteiger partial charge in [-0.15, -0.1) is 0 Å². The van der Waals surface area contributed by atoms with Crippen LogP contribution in [0.2, 0.25) is 0 Å². The van der Waals surface area contributed by atoms with E-state index in [9.17, 15) is 9.90 Å². The molecule has 1 aliphatic rings. The van der Waals surface area contributed by atoms with Gasteiger partial charge in [-0.1, -0.05) is 0 Å². The first-order valence-corrected chi connectivity index (χ1v) is 5.08. The number of carbonyl (C=O) groups is 1. The van der Waals surface area contributed by atoms with E-state index in [1.54, 1.807) is 6.20 Å². The van der Waals surface area contributed by atoms with Crippen LogP contribution in [0, 0.1) is 0 Å². The van der Waals surface area contributed by atoms with Crippen molar-refractivity contribution in [1.82, 2.24) is 9.97 Å². The predicted molar refractivity (Wildman–Crippen MR) is 56.1 cm³/mol. The third kappa shape index (κ3) is 2.11. The van der Waals surface area contributed by atoms with E-state index in [-0.39, 0.29) is 0 Å². The van der Waals surface area contributed by atoms with E-state index in [1.807, 2.05) is 0 Å². The molecule has 6 heteroatoms. The van der Waals surface area contributed by atoms with Crippen LogP contribution in [0.3, 0.4) is 0 Å². The van der Waals surface area contributed by atoms with Gasteiger partial charge in [-0.25, -0.2) is 9.78 Å². The molecule has 6 nitrogen and oxygen atoms in total. The van der Waals surface area contributed by atoms with Crippen molar-refractivity contribution < 1.29 is 14.6 Å². The molecule has 16 heavy (non-hydrogen) atoms. The van der Waals surface area contributed by atoms with E-state index in [0.29, 0.717) is 31.9 Å². The van der Waals surface area contributed by atoms with Gasteiger partial charge in [0.05, 0.1) is 6.20 Å². The minimum Gasteiger partial charge on any atom is -0.480 e. The minimum absolute atomic E-state index is 0.429. The topological polar surface area (TPSA) is 84.3 Å². The molecule has 1 aromatic heterocycles. The summed E-state index contributed by atoms with van der Waals surface area (Å²) in [5, 5.41) is 12.2. The third-order valence-electron chi connectivity index (χ3n) is 2.69. The van der Waals surface area contributed by atoms with E-state index < -0.39 is 11.5 Å². The Morgan fingerprint density at radius 1 is 1.44 bits per heavy atom. The Balaban J connectivity index is 2.17. The van der Waals surface area contributed by atoms with Gasteiger partial charge in [0, 0.05) is 38.4 Å². The Bertz CT molecular complexity index is 363. The smallest absolute Gasteiger partial charge is 0.329 e. The molecule has 2 N–H and O–H groups in total. The lowest BCUT2D eigenvalue weighted by molar-refractivity contribution is -0.145. The van der Waals surface area contributed by atoms with Gasteiger partial charge in [0.1, 0.15) is 11.4 Å². The van der Waals surface area contributed by atoms with Crippen molar-refractivity contribution in [2.75, 3.05) is 18.5 Å². The normalized spacial score (nSPS) is 19.0. The zero-order valence-corrected chi connectivity index (χ0v) is 8.72. The molecule has 2 rings (SSSR count). The van der Waals surface area contributed by atoms with Crippen LogP contribution in [0.25, 0.3) is 0 Å². The van der Waals surface area contributed by atoms with Gasteiger partial charge in [0.15, 0.2) is 0 Å². The van der Waals surface area contributed by atoms with Crippen LogP contribution in [-0.2, 0) is 9.53 Å². The van der Waals surface area contributed by atoms with Crippen molar-refractivity contribution in [3.05, 3.63) is 18.6 Å². The molecule has 0 spiro atoms. The summed E-state index contributed by atoms with van der Waals surface area (Å²) in [6, 6.07) is 0. The Hall–Kier alpha value is -1.69. The molecule has 0 atom stereocenters. The van der Waals surface area contributed by atoms with Gasteiger partial charge in [0.25, 0.3) is 0 Å². The maximum absolute atomic E-state index is 11.3. The van der Waals surface area contributed by atoms with E-state index in [2.05, 4.69) is 15.3 Å². The molecule has 86 valence electrons. The number of carboxylic acids is 1. The van der Waals surface area contributed by atoms with Crippen LogP contribution < -0.4 is 5.32 Å². The number of aromatic nitrogens is 2. The lowest BCUT2D eigenvalue weighted by atomic mass is 9.90. The number of hydrogen-bond donors (Lipinski definition) is 2. The monoisotopic (exact) mass is 223 g/mol. The highest BCUT2D eigenvalue weighted by Crippen LogP contribution is 2.25. The quantitative estimate of drug-likeness (QED) is 0.777. The van der Waals surface area contributed by atoms with E-state index in [0.717, 1.165) is 0 Å². The van der Waals surface area contributed by atoms with Crippen molar-refractivity contribution in [2.24, 2.45) is 0 Å². The van der Waals surface area contributed by atoms with Crippen molar-refractivity contribution in [2.45, 2.75) is 18.4 Å². The van der Waals surface area contributed by atoms with Crippen LogP contribution in [0.5, 0.6) is 0 Å². The number of rotatable bonds is 3. The summed E-state index contributed by atoms with van der Waals surface area (Å²) in [5.74, 6) is -0.395. The Labute approximate surface area is 92.7 Å². The lowest BCUT2D eigenvalue weighted by Crippen LogP contribution is -2.50. The standard InChI is InChI=1S/C10H13N3O3/c14-9(15)10(1-5-16-6-2-10)13-8-7-11-3-4-12-8/h3-4,7H,1-2,5-6H2,(H,12,13)(H,14,15). The Morgan fingerprint density at radius 3 is 2.75 bits per heavy atom. The molecular formula is C10H13N3O3. The average molecular weight is 223 g/mol. The highest BCUT2D eigenvalue weighted by atomic mass is 16.5. The van der Waals surface area contributed by atoms with Gasteiger partial charge < -0.3 is 15.2 Å². The Morgan fingerprint density at radius 2 is 2.19 bits per heavy atom. The molecule has 1 saturated heterocycles. The van der Waals surface area contributed by atoms with Crippen molar-refractivity contribution >= 4 is 11.8 Å². The number of nitrogens with zero attached hydrogens (tertiary/aromatic N) is 2. The first-order valence-electron chi connectivity index (χ1n) is 5.08. The largest absolute Gasteiger partial charge is 0.480 e. The fourth-order valence-corrected chi connectivity index (χ4v) is 1.72. The number of anilines is 1. The second-order valence-electron chi connectivity index (χ2n) is 3.72. The van der Waals surface area contributed by atoms with E-state index >= 15 is 0 Å². The number of ether oxygens (including phenoxy) is 1. The summed E-state index contributed by atoms with van der Waals surface area (Å²) in [6.07, 6.45) is 5.44. The summed E-state index contributed by atoms with van der Waals surface area (Å²) >= 11 is 0. The molecule has 1 aliphatic heterocycles. The lowest BCUT2D eigenvalue weighted by Gasteiger charge is -2.34. The summed E-state index contributed by atoms with van der Waals surface area (Å²) in [6.45, 7) is 0.888. The molecule has 1 fully saturated rings. The molecule has 0 amide bonds. The maximum Gasteiger partial charge on any atom is 0.329 e. The van der Waals surface area contributed by atoms with Crippen LogP contribution in [-0.4, -0.2) is 39.8 Å². The molecule has 0 bridgehead atoms. The molecule has 1 aromatic rings. The van der Waals surface area contributed by atoms with Crippen molar-refractivity contribution in [3.8, 4) is 0 Å². The SMILES string of the molecule is O=C(O)C1(Nc2cnccn2)CCOCC1. The highest BCUT2D eigenvalue weighted by Gasteiger charge is 2.40. The minimum atomic E-state index is -0.978.